The van der Waals surface area contributed by atoms with Gasteiger partial charge in [-0.1, -0.05) is 17.7 Å². The van der Waals surface area contributed by atoms with Gasteiger partial charge in [-0.25, -0.2) is 4.79 Å². The fraction of sp³-hybridized carbons (Fsp3) is 0.429. The first kappa shape index (κ1) is 13.8. The van der Waals surface area contributed by atoms with E-state index in [0.29, 0.717) is 11.3 Å². The zero-order valence-corrected chi connectivity index (χ0v) is 11.4. The third-order valence-electron chi connectivity index (χ3n) is 3.15. The molecule has 1 amide bonds. The molecule has 1 aliphatic carbocycles. The van der Waals surface area contributed by atoms with Gasteiger partial charge in [0, 0.05) is 11.3 Å². The van der Waals surface area contributed by atoms with Crippen molar-refractivity contribution in [3.63, 3.8) is 0 Å². The van der Waals surface area contributed by atoms with E-state index in [0.717, 1.165) is 24.8 Å². The summed E-state index contributed by atoms with van der Waals surface area (Å²) in [6, 6.07) is 2.58. The van der Waals surface area contributed by atoms with Crippen LogP contribution in [0.4, 0.5) is 0 Å². The lowest BCUT2D eigenvalue weighted by Gasteiger charge is -2.15. The summed E-state index contributed by atoms with van der Waals surface area (Å²) < 4.78 is 0. The van der Waals surface area contributed by atoms with Gasteiger partial charge in [0.05, 0.1) is 0 Å². The number of carboxylic acids is 1. The summed E-state index contributed by atoms with van der Waals surface area (Å²) in [6.07, 6.45) is 6.68. The summed E-state index contributed by atoms with van der Waals surface area (Å²) in [6.45, 7) is 0. The fourth-order valence-electron chi connectivity index (χ4n) is 2.19. The molecule has 0 saturated heterocycles. The Morgan fingerprint density at radius 2 is 2.26 bits per heavy atom. The van der Waals surface area contributed by atoms with E-state index < -0.39 is 12.0 Å². The van der Waals surface area contributed by atoms with Crippen LogP contribution in [0.25, 0.3) is 0 Å². The molecule has 19 heavy (non-hydrogen) atoms. The molecule has 1 aliphatic rings. The lowest BCUT2D eigenvalue weighted by Crippen LogP contribution is -2.33. The van der Waals surface area contributed by atoms with E-state index in [-0.39, 0.29) is 5.91 Å². The van der Waals surface area contributed by atoms with Gasteiger partial charge >= 0.3 is 5.97 Å². The number of nitrogens with one attached hydrogen (secondary N) is 1. The molecular weight excluding hydrogens is 262 g/mol. The molecule has 0 aliphatic heterocycles. The molecule has 0 fully saturated rings. The molecule has 2 rings (SSSR count). The third kappa shape index (κ3) is 3.92. The van der Waals surface area contributed by atoms with Crippen LogP contribution in [0.5, 0.6) is 0 Å². The predicted octanol–water partition coefficient (Wildman–Crippen LogP) is 2.88. The van der Waals surface area contributed by atoms with Crippen LogP contribution >= 0.6 is 11.3 Å². The largest absolute Gasteiger partial charge is 0.479 e. The Morgan fingerprint density at radius 3 is 2.84 bits per heavy atom. The SMILES string of the molecule is O=C(CC1=CCCCC1)NC(C(=O)O)c1cccs1. The van der Waals surface area contributed by atoms with Crippen molar-refractivity contribution in [3.8, 4) is 0 Å². The first-order valence-electron chi connectivity index (χ1n) is 6.40. The van der Waals surface area contributed by atoms with Crippen molar-refractivity contribution in [2.45, 2.75) is 38.1 Å². The van der Waals surface area contributed by atoms with Crippen LogP contribution in [0.3, 0.4) is 0 Å². The number of rotatable bonds is 5. The molecule has 0 saturated carbocycles. The van der Waals surface area contributed by atoms with Gasteiger partial charge in [-0.15, -0.1) is 11.3 Å². The van der Waals surface area contributed by atoms with Crippen molar-refractivity contribution < 1.29 is 14.7 Å². The van der Waals surface area contributed by atoms with Gasteiger partial charge in [0.1, 0.15) is 0 Å². The maximum atomic E-state index is 11.9. The van der Waals surface area contributed by atoms with Crippen LogP contribution in [0.15, 0.2) is 29.2 Å². The molecule has 1 heterocycles. The van der Waals surface area contributed by atoms with Gasteiger partial charge < -0.3 is 10.4 Å². The zero-order chi connectivity index (χ0) is 13.7. The van der Waals surface area contributed by atoms with Crippen LogP contribution in [-0.4, -0.2) is 17.0 Å². The normalized spacial score (nSPS) is 16.5. The first-order valence-corrected chi connectivity index (χ1v) is 7.28. The Kier molecular flexibility index (Phi) is 4.74. The number of carbonyl (C=O) groups is 2. The van der Waals surface area contributed by atoms with Crippen LogP contribution in [0.2, 0.25) is 0 Å². The van der Waals surface area contributed by atoms with E-state index >= 15 is 0 Å². The summed E-state index contributed by atoms with van der Waals surface area (Å²) in [7, 11) is 0. The lowest BCUT2D eigenvalue weighted by molar-refractivity contribution is -0.141. The van der Waals surface area contributed by atoms with E-state index in [1.54, 1.807) is 17.5 Å². The Labute approximate surface area is 116 Å². The topological polar surface area (TPSA) is 66.4 Å². The number of hydrogen-bond acceptors (Lipinski definition) is 3. The minimum Gasteiger partial charge on any atom is -0.479 e. The monoisotopic (exact) mass is 279 g/mol. The summed E-state index contributed by atoms with van der Waals surface area (Å²) >= 11 is 1.34. The second-order valence-corrected chi connectivity index (χ2v) is 5.62. The van der Waals surface area contributed by atoms with Gasteiger partial charge in [0.25, 0.3) is 0 Å². The number of aliphatic carboxylic acids is 1. The highest BCUT2D eigenvalue weighted by molar-refractivity contribution is 7.10. The standard InChI is InChI=1S/C14H17NO3S/c16-12(9-10-5-2-1-3-6-10)15-13(14(17)18)11-7-4-8-19-11/h4-5,7-8,13H,1-3,6,9H2,(H,15,16)(H,17,18). The van der Waals surface area contributed by atoms with Gasteiger partial charge in [-0.2, -0.15) is 0 Å². The quantitative estimate of drug-likeness (QED) is 0.814. The number of thiophene rings is 1. The highest BCUT2D eigenvalue weighted by atomic mass is 32.1. The molecule has 4 nitrogen and oxygen atoms in total. The fourth-order valence-corrected chi connectivity index (χ4v) is 2.96. The molecule has 2 N–H and O–H groups in total. The molecule has 5 heteroatoms. The number of carboxylic acid groups (broad SMARTS) is 1. The number of carbonyl (C=O) groups excluding carboxylic acids is 1. The van der Waals surface area contributed by atoms with Crippen LogP contribution < -0.4 is 5.32 Å². The average molecular weight is 279 g/mol. The molecular formula is C14H17NO3S. The molecule has 0 radical (unpaired) electrons. The summed E-state index contributed by atoms with van der Waals surface area (Å²) in [4.78, 5) is 23.8. The maximum Gasteiger partial charge on any atom is 0.331 e. The molecule has 0 bridgehead atoms. The molecule has 0 aromatic carbocycles. The van der Waals surface area contributed by atoms with Gasteiger partial charge in [-0.3, -0.25) is 4.79 Å². The average Bonchev–Trinajstić information content (AvgIpc) is 2.90. The Balaban J connectivity index is 1.96. The summed E-state index contributed by atoms with van der Waals surface area (Å²) in [5.74, 6) is -1.23. The van der Waals surface area contributed by atoms with Gasteiger partial charge in [-0.05, 0) is 37.1 Å². The smallest absolute Gasteiger partial charge is 0.331 e. The molecule has 102 valence electrons. The number of hydrogen-bond donors (Lipinski definition) is 2. The molecule has 1 aromatic heterocycles. The summed E-state index contributed by atoms with van der Waals surface area (Å²) in [5, 5.41) is 13.6. The lowest BCUT2D eigenvalue weighted by atomic mass is 9.97. The number of allylic oxidation sites excluding steroid dienone is 1. The van der Waals surface area contributed by atoms with E-state index in [9.17, 15) is 14.7 Å². The second-order valence-electron chi connectivity index (χ2n) is 4.64. The van der Waals surface area contributed by atoms with E-state index in [1.807, 2.05) is 0 Å². The van der Waals surface area contributed by atoms with Gasteiger partial charge in [0.2, 0.25) is 5.91 Å². The van der Waals surface area contributed by atoms with Gasteiger partial charge in [0.15, 0.2) is 6.04 Å². The highest BCUT2D eigenvalue weighted by Gasteiger charge is 2.23. The van der Waals surface area contributed by atoms with Crippen LogP contribution in [-0.2, 0) is 9.59 Å². The Morgan fingerprint density at radius 1 is 1.42 bits per heavy atom. The summed E-state index contributed by atoms with van der Waals surface area (Å²) in [5.41, 5.74) is 1.12. The van der Waals surface area contributed by atoms with E-state index in [4.69, 9.17) is 0 Å². The molecule has 1 unspecified atom stereocenters. The van der Waals surface area contributed by atoms with Crippen molar-refractivity contribution in [1.82, 2.24) is 5.32 Å². The Bertz CT molecular complexity index is 479. The van der Waals surface area contributed by atoms with E-state index in [2.05, 4.69) is 11.4 Å². The maximum absolute atomic E-state index is 11.9. The third-order valence-corrected chi connectivity index (χ3v) is 4.09. The van der Waals surface area contributed by atoms with Crippen LogP contribution in [0.1, 0.15) is 43.0 Å². The first-order chi connectivity index (χ1) is 9.16. The van der Waals surface area contributed by atoms with Crippen LogP contribution in [0, 0.1) is 0 Å². The Hall–Kier alpha value is -1.62. The minimum absolute atomic E-state index is 0.214. The predicted molar refractivity (Wildman–Crippen MR) is 74.0 cm³/mol. The van der Waals surface area contributed by atoms with E-state index in [1.165, 1.54) is 17.8 Å². The van der Waals surface area contributed by atoms with Crippen molar-refractivity contribution in [1.29, 1.82) is 0 Å². The second kappa shape index (κ2) is 6.52. The van der Waals surface area contributed by atoms with Crippen molar-refractivity contribution in [3.05, 3.63) is 34.0 Å². The highest BCUT2D eigenvalue weighted by Crippen LogP contribution is 2.22. The number of amides is 1. The van der Waals surface area contributed by atoms with Crippen molar-refractivity contribution >= 4 is 23.2 Å². The molecule has 1 aromatic rings. The minimum atomic E-state index is -1.02. The van der Waals surface area contributed by atoms with Crippen molar-refractivity contribution in [2.24, 2.45) is 0 Å². The zero-order valence-electron chi connectivity index (χ0n) is 10.6. The van der Waals surface area contributed by atoms with Crippen molar-refractivity contribution in [2.75, 3.05) is 0 Å². The molecule has 0 spiro atoms. The molecule has 1 atom stereocenters.